The van der Waals surface area contributed by atoms with E-state index in [1.165, 1.54) is 37.1 Å². The fourth-order valence-corrected chi connectivity index (χ4v) is 4.09. The zero-order valence-electron chi connectivity index (χ0n) is 18.9. The number of nitrogens with one attached hydrogen (secondary N) is 2. The molecule has 2 saturated heterocycles. The summed E-state index contributed by atoms with van der Waals surface area (Å²) >= 11 is 0. The Morgan fingerprint density at radius 3 is 2.50 bits per heavy atom. The van der Waals surface area contributed by atoms with Gasteiger partial charge in [-0.3, -0.25) is 4.90 Å². The molecule has 2 aliphatic rings. The van der Waals surface area contributed by atoms with Crippen LogP contribution >= 0.6 is 24.0 Å². The summed E-state index contributed by atoms with van der Waals surface area (Å²) in [6.45, 7) is 15.3. The number of guanidine groups is 1. The summed E-state index contributed by atoms with van der Waals surface area (Å²) in [5, 5.41) is 7.07. The standard InChI is InChI=1S/C23H39N5O.HI/c1-4-24-23(26-22-8-10-28(11-9-22)19(2)3)25-17-20-6-5-7-21(16-20)18-27-12-14-29-15-13-27;/h5-7,16,19,22H,4,8-15,17-18H2,1-3H3,(H2,24,25,26);1H. The van der Waals surface area contributed by atoms with E-state index in [4.69, 9.17) is 9.73 Å². The molecule has 1 aromatic carbocycles. The first-order valence-electron chi connectivity index (χ1n) is 11.3. The number of ether oxygens (including phenoxy) is 1. The molecular formula is C23H40IN5O. The molecule has 0 radical (unpaired) electrons. The lowest BCUT2D eigenvalue weighted by Crippen LogP contribution is -2.49. The summed E-state index contributed by atoms with van der Waals surface area (Å²) in [7, 11) is 0. The molecule has 0 aliphatic carbocycles. The van der Waals surface area contributed by atoms with Crippen LogP contribution in [-0.4, -0.2) is 73.8 Å². The highest BCUT2D eigenvalue weighted by molar-refractivity contribution is 14.0. The highest BCUT2D eigenvalue weighted by atomic mass is 127. The molecule has 170 valence electrons. The van der Waals surface area contributed by atoms with Gasteiger partial charge in [-0.1, -0.05) is 24.3 Å². The van der Waals surface area contributed by atoms with Crippen LogP contribution < -0.4 is 10.6 Å². The number of morpholine rings is 1. The Kier molecular flexibility index (Phi) is 11.4. The van der Waals surface area contributed by atoms with Crippen LogP contribution in [0.4, 0.5) is 0 Å². The molecule has 30 heavy (non-hydrogen) atoms. The van der Waals surface area contributed by atoms with Crippen molar-refractivity contribution in [1.82, 2.24) is 20.4 Å². The van der Waals surface area contributed by atoms with Gasteiger partial charge in [-0.05, 0) is 44.7 Å². The molecule has 0 aromatic heterocycles. The smallest absolute Gasteiger partial charge is 0.191 e. The number of rotatable bonds is 7. The minimum atomic E-state index is 0. The zero-order chi connectivity index (χ0) is 20.5. The molecule has 3 rings (SSSR count). The van der Waals surface area contributed by atoms with Crippen molar-refractivity contribution in [2.75, 3.05) is 45.9 Å². The van der Waals surface area contributed by atoms with Crippen LogP contribution in [-0.2, 0) is 17.8 Å². The van der Waals surface area contributed by atoms with Gasteiger partial charge in [0.25, 0.3) is 0 Å². The zero-order valence-corrected chi connectivity index (χ0v) is 21.2. The third-order valence-corrected chi connectivity index (χ3v) is 5.87. The Bertz CT molecular complexity index is 640. The van der Waals surface area contributed by atoms with Crippen molar-refractivity contribution < 1.29 is 4.74 Å². The van der Waals surface area contributed by atoms with Gasteiger partial charge in [-0.2, -0.15) is 0 Å². The lowest BCUT2D eigenvalue weighted by Gasteiger charge is -2.35. The van der Waals surface area contributed by atoms with Crippen molar-refractivity contribution >= 4 is 29.9 Å². The molecule has 0 amide bonds. The van der Waals surface area contributed by atoms with Crippen LogP contribution in [0.5, 0.6) is 0 Å². The van der Waals surface area contributed by atoms with Crippen LogP contribution in [0, 0.1) is 0 Å². The highest BCUT2D eigenvalue weighted by Crippen LogP contribution is 2.13. The summed E-state index contributed by atoms with van der Waals surface area (Å²) < 4.78 is 5.45. The topological polar surface area (TPSA) is 52.1 Å². The fraction of sp³-hybridized carbons (Fsp3) is 0.696. The molecule has 2 aliphatic heterocycles. The van der Waals surface area contributed by atoms with Crippen LogP contribution in [0.25, 0.3) is 0 Å². The Morgan fingerprint density at radius 2 is 1.83 bits per heavy atom. The lowest BCUT2D eigenvalue weighted by molar-refractivity contribution is 0.0342. The third-order valence-electron chi connectivity index (χ3n) is 5.87. The summed E-state index contributed by atoms with van der Waals surface area (Å²) in [5.74, 6) is 0.939. The van der Waals surface area contributed by atoms with Crippen molar-refractivity contribution in [1.29, 1.82) is 0 Å². The van der Waals surface area contributed by atoms with Crippen molar-refractivity contribution in [3.8, 4) is 0 Å². The summed E-state index contributed by atoms with van der Waals surface area (Å²) in [6.07, 6.45) is 2.36. The Morgan fingerprint density at radius 1 is 1.13 bits per heavy atom. The maximum absolute atomic E-state index is 5.45. The van der Waals surface area contributed by atoms with Crippen molar-refractivity contribution in [3.63, 3.8) is 0 Å². The van der Waals surface area contributed by atoms with E-state index in [0.717, 1.165) is 45.4 Å². The van der Waals surface area contributed by atoms with E-state index in [1.807, 2.05) is 0 Å². The number of hydrogen-bond donors (Lipinski definition) is 2. The number of halogens is 1. The van der Waals surface area contributed by atoms with Crippen molar-refractivity contribution in [3.05, 3.63) is 35.4 Å². The van der Waals surface area contributed by atoms with E-state index >= 15 is 0 Å². The van der Waals surface area contributed by atoms with Crippen LogP contribution in [0.2, 0.25) is 0 Å². The fourth-order valence-electron chi connectivity index (χ4n) is 4.09. The minimum Gasteiger partial charge on any atom is -0.379 e. The average Bonchev–Trinajstić information content (AvgIpc) is 2.74. The first-order valence-corrected chi connectivity index (χ1v) is 11.3. The number of benzene rings is 1. The summed E-state index contributed by atoms with van der Waals surface area (Å²) in [6, 6.07) is 10.00. The number of aliphatic imine (C=N–C) groups is 1. The minimum absolute atomic E-state index is 0. The second-order valence-electron chi connectivity index (χ2n) is 8.45. The monoisotopic (exact) mass is 529 g/mol. The largest absolute Gasteiger partial charge is 0.379 e. The van der Waals surface area contributed by atoms with Gasteiger partial charge < -0.3 is 20.3 Å². The van der Waals surface area contributed by atoms with E-state index in [-0.39, 0.29) is 24.0 Å². The molecule has 6 nitrogen and oxygen atoms in total. The maximum Gasteiger partial charge on any atom is 0.191 e. The lowest BCUT2D eigenvalue weighted by atomic mass is 10.0. The van der Waals surface area contributed by atoms with E-state index in [1.54, 1.807) is 0 Å². The molecule has 0 atom stereocenters. The van der Waals surface area contributed by atoms with Crippen molar-refractivity contribution in [2.45, 2.75) is 58.8 Å². The molecule has 2 fully saturated rings. The van der Waals surface area contributed by atoms with E-state index in [0.29, 0.717) is 18.6 Å². The molecule has 2 N–H and O–H groups in total. The summed E-state index contributed by atoms with van der Waals surface area (Å²) in [4.78, 5) is 9.88. The van der Waals surface area contributed by atoms with Crippen LogP contribution in [0.3, 0.4) is 0 Å². The third kappa shape index (κ3) is 8.32. The summed E-state index contributed by atoms with van der Waals surface area (Å²) in [5.41, 5.74) is 2.63. The maximum atomic E-state index is 5.45. The second kappa shape index (κ2) is 13.5. The van der Waals surface area contributed by atoms with Crippen LogP contribution in [0.15, 0.2) is 29.3 Å². The number of nitrogens with zero attached hydrogens (tertiary/aromatic N) is 3. The number of hydrogen-bond acceptors (Lipinski definition) is 4. The van der Waals surface area contributed by atoms with Gasteiger partial charge in [0.2, 0.25) is 0 Å². The molecule has 1 aromatic rings. The molecule has 0 spiro atoms. The van der Waals surface area contributed by atoms with Gasteiger partial charge in [0.15, 0.2) is 5.96 Å². The van der Waals surface area contributed by atoms with Crippen LogP contribution in [0.1, 0.15) is 44.7 Å². The van der Waals surface area contributed by atoms with Gasteiger partial charge >= 0.3 is 0 Å². The Labute approximate surface area is 199 Å². The molecule has 0 saturated carbocycles. The first-order chi connectivity index (χ1) is 14.1. The van der Waals surface area contributed by atoms with Gasteiger partial charge in [-0.15, -0.1) is 24.0 Å². The highest BCUT2D eigenvalue weighted by Gasteiger charge is 2.21. The normalized spacial score (nSPS) is 19.5. The SMILES string of the molecule is CCNC(=NCc1cccc(CN2CCOCC2)c1)NC1CCN(C(C)C)CC1.I. The van der Waals surface area contributed by atoms with Crippen molar-refractivity contribution in [2.24, 2.45) is 4.99 Å². The predicted molar refractivity (Wildman–Crippen MR) is 136 cm³/mol. The van der Waals surface area contributed by atoms with Gasteiger partial charge in [0.1, 0.15) is 0 Å². The van der Waals surface area contributed by atoms with Gasteiger partial charge in [0, 0.05) is 51.4 Å². The predicted octanol–water partition coefficient (Wildman–Crippen LogP) is 3.06. The molecular weight excluding hydrogens is 489 g/mol. The average molecular weight is 530 g/mol. The second-order valence-corrected chi connectivity index (χ2v) is 8.45. The number of likely N-dealkylation sites (tertiary alicyclic amines) is 1. The Balaban J connectivity index is 0.00000320. The quantitative estimate of drug-likeness (QED) is 0.323. The first kappa shape index (κ1) is 25.4. The van der Waals surface area contributed by atoms with Gasteiger partial charge in [0.05, 0.1) is 19.8 Å². The van der Waals surface area contributed by atoms with Gasteiger partial charge in [-0.25, -0.2) is 4.99 Å². The molecule has 0 bridgehead atoms. The van der Waals surface area contributed by atoms with E-state index in [9.17, 15) is 0 Å². The van der Waals surface area contributed by atoms with E-state index in [2.05, 4.69) is 65.5 Å². The molecule has 7 heteroatoms. The number of piperidine rings is 1. The Hall–Kier alpha value is -0.900. The van der Waals surface area contributed by atoms with E-state index < -0.39 is 0 Å². The molecule has 0 unspecified atom stereocenters. The molecule has 2 heterocycles.